The molecule has 0 fully saturated rings. The van der Waals surface area contributed by atoms with Gasteiger partial charge in [-0.2, -0.15) is 0 Å². The summed E-state index contributed by atoms with van der Waals surface area (Å²) in [6, 6.07) is 12.3. The van der Waals surface area contributed by atoms with E-state index in [2.05, 4.69) is 18.2 Å². The zero-order valence-electron chi connectivity index (χ0n) is 15.4. The highest BCUT2D eigenvalue weighted by Crippen LogP contribution is 2.26. The first kappa shape index (κ1) is 20.5. The van der Waals surface area contributed by atoms with Crippen LogP contribution in [0.3, 0.4) is 0 Å². The number of carbonyl (C=O) groups excluding carboxylic acids is 1. The maximum absolute atomic E-state index is 12.5. The summed E-state index contributed by atoms with van der Waals surface area (Å²) >= 11 is 1.53. The molecule has 2 aromatic rings. The SMILES string of the molecule is Cc1ccc(C)c(SCC(=O)N(C)[C@H](C)c2ccc(S(N)(=O)=O)cc2)c1. The quantitative estimate of drug-likeness (QED) is 0.765. The van der Waals surface area contributed by atoms with E-state index in [1.165, 1.54) is 29.5 Å². The number of hydrogen-bond acceptors (Lipinski definition) is 4. The van der Waals surface area contributed by atoms with Crippen molar-refractivity contribution in [3.8, 4) is 0 Å². The smallest absolute Gasteiger partial charge is 0.238 e. The van der Waals surface area contributed by atoms with Crippen LogP contribution >= 0.6 is 11.8 Å². The predicted molar refractivity (Wildman–Crippen MR) is 106 cm³/mol. The summed E-state index contributed by atoms with van der Waals surface area (Å²) < 4.78 is 22.7. The van der Waals surface area contributed by atoms with E-state index in [1.54, 1.807) is 24.1 Å². The normalized spacial score (nSPS) is 12.7. The van der Waals surface area contributed by atoms with Gasteiger partial charge in [0, 0.05) is 11.9 Å². The lowest BCUT2D eigenvalue weighted by Gasteiger charge is -2.25. The molecule has 26 heavy (non-hydrogen) atoms. The molecule has 0 unspecified atom stereocenters. The molecule has 2 aromatic carbocycles. The molecule has 0 aromatic heterocycles. The second-order valence-electron chi connectivity index (χ2n) is 6.35. The van der Waals surface area contributed by atoms with Crippen LogP contribution in [0.15, 0.2) is 52.3 Å². The molecule has 0 heterocycles. The van der Waals surface area contributed by atoms with Gasteiger partial charge in [0.15, 0.2) is 0 Å². The van der Waals surface area contributed by atoms with E-state index in [4.69, 9.17) is 5.14 Å². The van der Waals surface area contributed by atoms with Crippen LogP contribution in [0, 0.1) is 13.8 Å². The molecule has 0 aliphatic carbocycles. The summed E-state index contributed by atoms with van der Waals surface area (Å²) in [4.78, 5) is 15.4. The number of hydrogen-bond donors (Lipinski definition) is 1. The summed E-state index contributed by atoms with van der Waals surface area (Å²) in [5.74, 6) is 0.361. The zero-order chi connectivity index (χ0) is 19.5. The van der Waals surface area contributed by atoms with Crippen molar-refractivity contribution in [3.63, 3.8) is 0 Å². The van der Waals surface area contributed by atoms with Gasteiger partial charge < -0.3 is 4.90 Å². The van der Waals surface area contributed by atoms with Crippen LogP contribution in [0.4, 0.5) is 0 Å². The molecule has 0 saturated carbocycles. The molecule has 0 bridgehead atoms. The lowest BCUT2D eigenvalue weighted by molar-refractivity contribution is -0.128. The number of aryl methyl sites for hydroxylation is 2. The van der Waals surface area contributed by atoms with Gasteiger partial charge >= 0.3 is 0 Å². The molecule has 7 heteroatoms. The average molecular weight is 393 g/mol. The van der Waals surface area contributed by atoms with Crippen LogP contribution in [0.25, 0.3) is 0 Å². The average Bonchev–Trinajstić information content (AvgIpc) is 2.60. The van der Waals surface area contributed by atoms with Gasteiger partial charge in [-0.05, 0) is 50.1 Å². The largest absolute Gasteiger partial charge is 0.338 e. The molecule has 0 aliphatic heterocycles. The monoisotopic (exact) mass is 392 g/mol. The van der Waals surface area contributed by atoms with Gasteiger partial charge in [-0.3, -0.25) is 4.79 Å². The Balaban J connectivity index is 2.04. The fourth-order valence-corrected chi connectivity index (χ4v) is 4.04. The molecule has 5 nitrogen and oxygen atoms in total. The Morgan fingerprint density at radius 1 is 1.15 bits per heavy atom. The van der Waals surface area contributed by atoms with E-state index >= 15 is 0 Å². The van der Waals surface area contributed by atoms with Gasteiger partial charge in [0.1, 0.15) is 0 Å². The van der Waals surface area contributed by atoms with Crippen molar-refractivity contribution in [1.29, 1.82) is 0 Å². The molecule has 2 rings (SSSR count). The lowest BCUT2D eigenvalue weighted by atomic mass is 10.1. The number of thioether (sulfide) groups is 1. The number of nitrogens with zero attached hydrogens (tertiary/aromatic N) is 1. The third-order valence-corrected chi connectivity index (χ3v) is 6.43. The summed E-state index contributed by atoms with van der Waals surface area (Å²) in [5.41, 5.74) is 3.18. The number of carbonyl (C=O) groups is 1. The first-order valence-corrected chi connectivity index (χ1v) is 10.7. The minimum atomic E-state index is -3.71. The fourth-order valence-electron chi connectivity index (χ4n) is 2.48. The summed E-state index contributed by atoms with van der Waals surface area (Å²) in [6.45, 7) is 5.97. The standard InChI is InChI=1S/C19H24N2O3S2/c1-13-5-6-14(2)18(11-13)25-12-19(22)21(4)15(3)16-7-9-17(10-8-16)26(20,23)24/h5-11,15H,12H2,1-4H3,(H2,20,23,24)/t15-/m1/s1. The number of amides is 1. The van der Waals surface area contributed by atoms with Gasteiger partial charge in [-0.15, -0.1) is 11.8 Å². The third-order valence-electron chi connectivity index (χ3n) is 4.36. The van der Waals surface area contributed by atoms with Gasteiger partial charge in [0.25, 0.3) is 0 Å². The Morgan fingerprint density at radius 3 is 2.35 bits per heavy atom. The van der Waals surface area contributed by atoms with E-state index in [0.29, 0.717) is 5.75 Å². The van der Waals surface area contributed by atoms with Gasteiger partial charge in [0.2, 0.25) is 15.9 Å². The molecule has 0 spiro atoms. The summed E-state index contributed by atoms with van der Waals surface area (Å²) in [7, 11) is -1.96. The maximum atomic E-state index is 12.5. The number of benzene rings is 2. The highest BCUT2D eigenvalue weighted by atomic mass is 32.2. The molecule has 0 saturated heterocycles. The Bertz CT molecular complexity index is 894. The Kier molecular flexibility index (Phi) is 6.49. The highest BCUT2D eigenvalue weighted by molar-refractivity contribution is 8.00. The van der Waals surface area contributed by atoms with Crippen LogP contribution in [0.2, 0.25) is 0 Å². The topological polar surface area (TPSA) is 80.5 Å². The lowest BCUT2D eigenvalue weighted by Crippen LogP contribution is -2.31. The van der Waals surface area contributed by atoms with Crippen LogP contribution in [-0.4, -0.2) is 32.0 Å². The van der Waals surface area contributed by atoms with E-state index in [9.17, 15) is 13.2 Å². The molecule has 2 N–H and O–H groups in total. The molecule has 140 valence electrons. The van der Waals surface area contributed by atoms with Crippen LogP contribution < -0.4 is 5.14 Å². The van der Waals surface area contributed by atoms with Gasteiger partial charge in [0.05, 0.1) is 16.7 Å². The predicted octanol–water partition coefficient (Wildman–Crippen LogP) is 3.26. The van der Waals surface area contributed by atoms with E-state index in [0.717, 1.165) is 16.0 Å². The summed E-state index contributed by atoms with van der Waals surface area (Å²) in [6.07, 6.45) is 0. The minimum Gasteiger partial charge on any atom is -0.338 e. The Hall–Kier alpha value is -1.83. The minimum absolute atomic E-state index is 0.0129. The van der Waals surface area contributed by atoms with Crippen LogP contribution in [0.1, 0.15) is 29.7 Å². The first-order chi connectivity index (χ1) is 12.1. The second-order valence-corrected chi connectivity index (χ2v) is 8.93. The Labute approximate surface area is 159 Å². The number of nitrogens with two attached hydrogens (primary N) is 1. The first-order valence-electron chi connectivity index (χ1n) is 8.18. The van der Waals surface area contributed by atoms with Crippen molar-refractivity contribution in [2.75, 3.05) is 12.8 Å². The van der Waals surface area contributed by atoms with Crippen molar-refractivity contribution >= 4 is 27.7 Å². The van der Waals surface area contributed by atoms with E-state index in [-0.39, 0.29) is 16.8 Å². The molecule has 1 amide bonds. The van der Waals surface area contributed by atoms with Crippen molar-refractivity contribution in [2.24, 2.45) is 5.14 Å². The van der Waals surface area contributed by atoms with Gasteiger partial charge in [-0.1, -0.05) is 29.8 Å². The number of primary sulfonamides is 1. The summed E-state index contributed by atoms with van der Waals surface area (Å²) in [5, 5.41) is 5.11. The highest BCUT2D eigenvalue weighted by Gasteiger charge is 2.18. The second kappa shape index (κ2) is 8.24. The molecule has 0 aliphatic rings. The van der Waals surface area contributed by atoms with Crippen LogP contribution in [-0.2, 0) is 14.8 Å². The zero-order valence-corrected chi connectivity index (χ0v) is 17.0. The third kappa shape index (κ3) is 5.09. The number of sulfonamides is 1. The molecule has 1 atom stereocenters. The Morgan fingerprint density at radius 2 is 1.77 bits per heavy atom. The van der Waals surface area contributed by atoms with Crippen molar-refractivity contribution in [3.05, 3.63) is 59.2 Å². The van der Waals surface area contributed by atoms with Crippen molar-refractivity contribution in [2.45, 2.75) is 36.6 Å². The molecule has 0 radical (unpaired) electrons. The van der Waals surface area contributed by atoms with Crippen molar-refractivity contribution < 1.29 is 13.2 Å². The van der Waals surface area contributed by atoms with E-state index < -0.39 is 10.0 Å². The fraction of sp³-hybridized carbons (Fsp3) is 0.316. The molecular formula is C19H24N2O3S2. The van der Waals surface area contributed by atoms with E-state index in [1.807, 2.05) is 20.8 Å². The molecular weight excluding hydrogens is 368 g/mol. The van der Waals surface area contributed by atoms with Gasteiger partial charge in [-0.25, -0.2) is 13.6 Å². The maximum Gasteiger partial charge on any atom is 0.238 e. The number of rotatable bonds is 6. The van der Waals surface area contributed by atoms with Crippen molar-refractivity contribution in [1.82, 2.24) is 4.90 Å². The van der Waals surface area contributed by atoms with Crippen LogP contribution in [0.5, 0.6) is 0 Å².